The predicted molar refractivity (Wildman–Crippen MR) is 89.0 cm³/mol. The maximum Gasteiger partial charge on any atom is 0.0192 e. The Morgan fingerprint density at radius 3 is 2.11 bits per heavy atom. The molecule has 2 heteroatoms. The zero-order chi connectivity index (χ0) is 14.6. The Labute approximate surface area is 123 Å². The molecule has 0 radical (unpaired) electrons. The van der Waals surface area contributed by atoms with Gasteiger partial charge in [-0.15, -0.1) is 0 Å². The summed E-state index contributed by atoms with van der Waals surface area (Å²) in [7, 11) is 0. The Morgan fingerprint density at radius 2 is 1.68 bits per heavy atom. The van der Waals surface area contributed by atoms with Crippen molar-refractivity contribution in [3.8, 4) is 0 Å². The number of benzene rings is 1. The van der Waals surface area contributed by atoms with Crippen molar-refractivity contribution < 1.29 is 0 Å². The molecule has 1 rings (SSSR count). The molecule has 0 heterocycles. The van der Waals surface area contributed by atoms with Crippen molar-refractivity contribution in [3.63, 3.8) is 0 Å². The molecule has 0 spiro atoms. The monoisotopic (exact) mass is 279 g/mol. The minimum Gasteiger partial charge on any atom is -0.330 e. The fourth-order valence-corrected chi connectivity index (χ4v) is 3.41. The van der Waals surface area contributed by atoms with Gasteiger partial charge in [-0.25, -0.2) is 0 Å². The van der Waals surface area contributed by atoms with Crippen LogP contribution in [0.25, 0.3) is 0 Å². The molecule has 108 valence electrons. The van der Waals surface area contributed by atoms with Crippen molar-refractivity contribution in [3.05, 3.63) is 34.4 Å². The third kappa shape index (κ3) is 4.85. The summed E-state index contributed by atoms with van der Waals surface area (Å²) in [5.41, 5.74) is 11.6. The van der Waals surface area contributed by atoms with Gasteiger partial charge in [0.1, 0.15) is 0 Å². The van der Waals surface area contributed by atoms with Gasteiger partial charge >= 0.3 is 0 Å². The third-order valence-electron chi connectivity index (χ3n) is 3.65. The summed E-state index contributed by atoms with van der Waals surface area (Å²) in [5, 5.41) is 0.645. The zero-order valence-corrected chi connectivity index (χ0v) is 14.2. The molecule has 1 unspecified atom stereocenters. The second-order valence-electron chi connectivity index (χ2n) is 6.54. The van der Waals surface area contributed by atoms with Gasteiger partial charge in [0.15, 0.2) is 0 Å². The molecule has 1 aromatic carbocycles. The van der Waals surface area contributed by atoms with E-state index in [1.807, 2.05) is 11.8 Å². The molecule has 0 bridgehead atoms. The third-order valence-corrected chi connectivity index (χ3v) is 4.91. The summed E-state index contributed by atoms with van der Waals surface area (Å²) in [5.74, 6) is 1.10. The second-order valence-corrected chi connectivity index (χ2v) is 7.96. The molecule has 1 atom stereocenters. The first kappa shape index (κ1) is 16.6. The lowest BCUT2D eigenvalue weighted by molar-refractivity contribution is 0.589. The van der Waals surface area contributed by atoms with E-state index in [4.69, 9.17) is 5.73 Å². The highest BCUT2D eigenvalue weighted by Gasteiger charge is 2.16. The minimum atomic E-state index is 0.230. The van der Waals surface area contributed by atoms with Crippen LogP contribution in [-0.2, 0) is 11.2 Å². The molecule has 1 nitrogen and oxygen atoms in total. The van der Waals surface area contributed by atoms with Crippen LogP contribution >= 0.6 is 11.8 Å². The molecule has 0 saturated heterocycles. The molecule has 0 aromatic heterocycles. The number of aryl methyl sites for hydroxylation is 2. The Kier molecular flexibility index (Phi) is 5.94. The Bertz CT molecular complexity index is 395. The minimum absolute atomic E-state index is 0.230. The summed E-state index contributed by atoms with van der Waals surface area (Å²) < 4.78 is 0. The quantitative estimate of drug-likeness (QED) is 0.854. The van der Waals surface area contributed by atoms with E-state index in [1.54, 1.807) is 0 Å². The van der Waals surface area contributed by atoms with E-state index in [1.165, 1.54) is 22.3 Å². The number of hydrogen-bond acceptors (Lipinski definition) is 2. The van der Waals surface area contributed by atoms with E-state index in [0.717, 1.165) is 18.7 Å². The summed E-state index contributed by atoms with van der Waals surface area (Å²) in [6.45, 7) is 14.4. The van der Waals surface area contributed by atoms with E-state index < -0.39 is 0 Å². The average Bonchev–Trinajstić information content (AvgIpc) is 2.26. The van der Waals surface area contributed by atoms with Crippen LogP contribution in [-0.4, -0.2) is 11.8 Å². The van der Waals surface area contributed by atoms with Gasteiger partial charge in [0, 0.05) is 11.0 Å². The lowest BCUT2D eigenvalue weighted by Gasteiger charge is -2.22. The van der Waals surface area contributed by atoms with E-state index in [2.05, 4.69) is 53.7 Å². The highest BCUT2D eigenvalue weighted by atomic mass is 32.2. The first-order chi connectivity index (χ1) is 8.75. The van der Waals surface area contributed by atoms with Gasteiger partial charge in [0.2, 0.25) is 0 Å². The summed E-state index contributed by atoms with van der Waals surface area (Å²) in [6.07, 6.45) is 1.10. The fourth-order valence-electron chi connectivity index (χ4n) is 2.20. The van der Waals surface area contributed by atoms with Crippen molar-refractivity contribution in [2.75, 3.05) is 6.54 Å². The Balaban J connectivity index is 2.86. The van der Waals surface area contributed by atoms with Crippen molar-refractivity contribution >= 4 is 11.8 Å². The molecular weight excluding hydrogens is 250 g/mol. The average molecular weight is 279 g/mol. The summed E-state index contributed by atoms with van der Waals surface area (Å²) in [4.78, 5) is 0. The molecule has 0 saturated carbocycles. The molecule has 0 aliphatic carbocycles. The highest BCUT2D eigenvalue weighted by Crippen LogP contribution is 2.30. The molecule has 0 fully saturated rings. The van der Waals surface area contributed by atoms with Crippen LogP contribution in [0.3, 0.4) is 0 Å². The first-order valence-electron chi connectivity index (χ1n) is 7.18. The number of thioether (sulfide) groups is 1. The van der Waals surface area contributed by atoms with Gasteiger partial charge in [0.25, 0.3) is 0 Å². The van der Waals surface area contributed by atoms with Gasteiger partial charge in [-0.05, 0) is 54.5 Å². The van der Waals surface area contributed by atoms with Crippen molar-refractivity contribution in [2.24, 2.45) is 5.73 Å². The van der Waals surface area contributed by atoms with Crippen LogP contribution in [0.4, 0.5) is 0 Å². The highest BCUT2D eigenvalue weighted by molar-refractivity contribution is 7.99. The van der Waals surface area contributed by atoms with Crippen LogP contribution in [0.5, 0.6) is 0 Å². The van der Waals surface area contributed by atoms with Gasteiger partial charge < -0.3 is 5.73 Å². The van der Waals surface area contributed by atoms with E-state index >= 15 is 0 Å². The van der Waals surface area contributed by atoms with Crippen LogP contribution < -0.4 is 5.73 Å². The summed E-state index contributed by atoms with van der Waals surface area (Å²) >= 11 is 2.02. The molecular formula is C17H29NS. The van der Waals surface area contributed by atoms with Crippen LogP contribution in [0.15, 0.2) is 12.1 Å². The Morgan fingerprint density at radius 1 is 1.16 bits per heavy atom. The predicted octanol–water partition coefficient (Wildman–Crippen LogP) is 4.57. The van der Waals surface area contributed by atoms with Crippen molar-refractivity contribution in [1.82, 2.24) is 0 Å². The van der Waals surface area contributed by atoms with Crippen LogP contribution in [0.1, 0.15) is 56.4 Å². The molecule has 2 N–H and O–H groups in total. The topological polar surface area (TPSA) is 26.0 Å². The molecule has 19 heavy (non-hydrogen) atoms. The number of nitrogens with two attached hydrogens (primary N) is 1. The van der Waals surface area contributed by atoms with Gasteiger partial charge in [-0.3, -0.25) is 0 Å². The standard InChI is InChI=1S/C17H29NS/c1-12-9-15(17(4,5)6)10-13(2)16(12)11-19-14(3)7-8-18/h9-10,14H,7-8,11,18H2,1-6H3. The van der Waals surface area contributed by atoms with Gasteiger partial charge in [-0.2, -0.15) is 11.8 Å². The zero-order valence-electron chi connectivity index (χ0n) is 13.3. The first-order valence-corrected chi connectivity index (χ1v) is 8.23. The van der Waals surface area contributed by atoms with E-state index in [9.17, 15) is 0 Å². The lowest BCUT2D eigenvalue weighted by atomic mass is 9.84. The number of rotatable bonds is 5. The van der Waals surface area contributed by atoms with E-state index in [0.29, 0.717) is 5.25 Å². The Hall–Kier alpha value is -0.470. The van der Waals surface area contributed by atoms with Crippen LogP contribution in [0.2, 0.25) is 0 Å². The maximum absolute atomic E-state index is 5.61. The normalized spacial score (nSPS) is 13.6. The van der Waals surface area contributed by atoms with Gasteiger partial charge in [-0.1, -0.05) is 39.8 Å². The van der Waals surface area contributed by atoms with Crippen molar-refractivity contribution in [2.45, 2.75) is 64.4 Å². The molecule has 0 aliphatic heterocycles. The summed E-state index contributed by atoms with van der Waals surface area (Å²) in [6, 6.07) is 4.72. The lowest BCUT2D eigenvalue weighted by Crippen LogP contribution is -2.13. The van der Waals surface area contributed by atoms with Crippen LogP contribution in [0, 0.1) is 13.8 Å². The number of hydrogen-bond donors (Lipinski definition) is 1. The second kappa shape index (κ2) is 6.81. The largest absolute Gasteiger partial charge is 0.330 e. The van der Waals surface area contributed by atoms with Crippen molar-refractivity contribution in [1.29, 1.82) is 0 Å². The van der Waals surface area contributed by atoms with E-state index in [-0.39, 0.29) is 5.41 Å². The molecule has 1 aromatic rings. The van der Waals surface area contributed by atoms with Gasteiger partial charge in [0.05, 0.1) is 0 Å². The SMILES string of the molecule is Cc1cc(C(C)(C)C)cc(C)c1CSC(C)CCN. The fraction of sp³-hybridized carbons (Fsp3) is 0.647. The molecule has 0 amide bonds. The molecule has 0 aliphatic rings. The smallest absolute Gasteiger partial charge is 0.0192 e. The maximum atomic E-state index is 5.61.